The minimum Gasteiger partial charge on any atom is -0.350 e. The van der Waals surface area contributed by atoms with Crippen molar-refractivity contribution in [2.45, 2.75) is 24.8 Å². The lowest BCUT2D eigenvalue weighted by Crippen LogP contribution is -2.30. The van der Waals surface area contributed by atoms with Crippen LogP contribution in [0.15, 0.2) is 41.3 Å². The number of likely N-dealkylation sites (N-methyl/N-ethyl adjacent to an activating group) is 1. The zero-order chi connectivity index (χ0) is 19.6. The molecule has 1 aliphatic rings. The maximum absolute atomic E-state index is 11.9. The van der Waals surface area contributed by atoms with Crippen LogP contribution in [0.2, 0.25) is 0 Å². The fourth-order valence-electron chi connectivity index (χ4n) is 3.25. The number of fused-ring (bicyclic) bond motifs is 1. The van der Waals surface area contributed by atoms with Gasteiger partial charge in [0.05, 0.1) is 9.82 Å². The molecule has 0 aliphatic carbocycles. The Hall–Kier alpha value is -2.49. The molecule has 3 rings (SSSR count). The number of nitrogens with zero attached hydrogens (tertiary/aromatic N) is 2. The highest BCUT2D eigenvalue weighted by Crippen LogP contribution is 2.33. The highest BCUT2D eigenvalue weighted by atomic mass is 32.2. The van der Waals surface area contributed by atoms with Crippen molar-refractivity contribution in [2.75, 3.05) is 25.5 Å². The Kier molecular flexibility index (Phi) is 5.45. The molecule has 1 heterocycles. The molecule has 9 heteroatoms. The predicted octanol–water partition coefficient (Wildman–Crippen LogP) is 2.62. The summed E-state index contributed by atoms with van der Waals surface area (Å²) in [7, 11) is -2.49. The van der Waals surface area contributed by atoms with Gasteiger partial charge in [-0.2, -0.15) is 0 Å². The SMILES string of the molecule is CCN1CCc2c(cccc2Nc2ccc(S(=O)(=O)NC)cc2[N+](=O)[O-])C1. The van der Waals surface area contributed by atoms with Crippen LogP contribution < -0.4 is 10.0 Å². The van der Waals surface area contributed by atoms with Crippen molar-refractivity contribution in [3.05, 3.63) is 57.6 Å². The minimum absolute atomic E-state index is 0.143. The largest absolute Gasteiger partial charge is 0.350 e. The van der Waals surface area contributed by atoms with Crippen LogP contribution in [0, 0.1) is 10.1 Å². The van der Waals surface area contributed by atoms with E-state index >= 15 is 0 Å². The molecule has 0 unspecified atom stereocenters. The molecule has 1 aliphatic heterocycles. The van der Waals surface area contributed by atoms with Crippen molar-refractivity contribution in [3.63, 3.8) is 0 Å². The van der Waals surface area contributed by atoms with Gasteiger partial charge in [0.2, 0.25) is 10.0 Å². The summed E-state index contributed by atoms with van der Waals surface area (Å²) in [6, 6.07) is 9.74. The van der Waals surface area contributed by atoms with Crippen molar-refractivity contribution < 1.29 is 13.3 Å². The minimum atomic E-state index is -3.76. The lowest BCUT2D eigenvalue weighted by Gasteiger charge is -2.29. The second-order valence-electron chi connectivity index (χ2n) is 6.33. The van der Waals surface area contributed by atoms with Crippen LogP contribution in [0.1, 0.15) is 18.1 Å². The number of nitrogens with one attached hydrogen (secondary N) is 2. The summed E-state index contributed by atoms with van der Waals surface area (Å²) >= 11 is 0. The molecule has 2 aromatic carbocycles. The van der Waals surface area contributed by atoms with Crippen molar-refractivity contribution in [1.82, 2.24) is 9.62 Å². The first-order valence-electron chi connectivity index (χ1n) is 8.68. The molecule has 0 atom stereocenters. The molecule has 0 amide bonds. The third-order valence-corrected chi connectivity index (χ3v) is 6.22. The average molecular weight is 390 g/mol. The number of rotatable bonds is 6. The molecule has 0 aromatic heterocycles. The smallest absolute Gasteiger partial charge is 0.294 e. The summed E-state index contributed by atoms with van der Waals surface area (Å²) < 4.78 is 26.0. The van der Waals surface area contributed by atoms with Crippen LogP contribution in [-0.2, 0) is 23.0 Å². The topological polar surface area (TPSA) is 105 Å². The summed E-state index contributed by atoms with van der Waals surface area (Å²) in [6.07, 6.45) is 0.854. The van der Waals surface area contributed by atoms with Gasteiger partial charge < -0.3 is 5.32 Å². The highest BCUT2D eigenvalue weighted by molar-refractivity contribution is 7.89. The molecule has 0 fully saturated rings. The lowest BCUT2D eigenvalue weighted by atomic mass is 9.97. The number of benzene rings is 2. The number of hydrogen-bond donors (Lipinski definition) is 2. The third-order valence-electron chi connectivity index (χ3n) is 4.81. The highest BCUT2D eigenvalue weighted by Gasteiger charge is 2.22. The number of hydrogen-bond acceptors (Lipinski definition) is 6. The molecule has 2 N–H and O–H groups in total. The third kappa shape index (κ3) is 3.95. The molecule has 0 radical (unpaired) electrons. The normalized spacial score (nSPS) is 14.6. The van der Waals surface area contributed by atoms with Gasteiger partial charge in [0.1, 0.15) is 5.69 Å². The molecule has 0 spiro atoms. The summed E-state index contributed by atoms with van der Waals surface area (Å²) in [5.74, 6) is 0. The molecule has 2 aromatic rings. The van der Waals surface area contributed by atoms with E-state index in [-0.39, 0.29) is 16.3 Å². The maximum Gasteiger partial charge on any atom is 0.294 e. The van der Waals surface area contributed by atoms with E-state index in [1.807, 2.05) is 12.1 Å². The van der Waals surface area contributed by atoms with E-state index in [1.165, 1.54) is 24.7 Å². The van der Waals surface area contributed by atoms with Gasteiger partial charge in [-0.15, -0.1) is 0 Å². The Labute approximate surface area is 158 Å². The lowest BCUT2D eigenvalue weighted by molar-refractivity contribution is -0.384. The Bertz CT molecular complexity index is 975. The fourth-order valence-corrected chi connectivity index (χ4v) is 4.00. The Morgan fingerprint density at radius 3 is 2.67 bits per heavy atom. The van der Waals surface area contributed by atoms with Crippen molar-refractivity contribution >= 4 is 27.1 Å². The monoisotopic (exact) mass is 390 g/mol. The zero-order valence-electron chi connectivity index (χ0n) is 15.2. The first kappa shape index (κ1) is 19.3. The molecule has 0 bridgehead atoms. The van der Waals surface area contributed by atoms with Crippen molar-refractivity contribution in [3.8, 4) is 0 Å². The van der Waals surface area contributed by atoms with E-state index in [1.54, 1.807) is 0 Å². The van der Waals surface area contributed by atoms with E-state index in [0.29, 0.717) is 0 Å². The second kappa shape index (κ2) is 7.63. The van der Waals surface area contributed by atoms with Gasteiger partial charge in [-0.3, -0.25) is 15.0 Å². The summed E-state index contributed by atoms with van der Waals surface area (Å²) in [5, 5.41) is 14.6. The van der Waals surface area contributed by atoms with Crippen LogP contribution >= 0.6 is 0 Å². The molecular formula is C18H22N4O4S. The molecule has 144 valence electrons. The van der Waals surface area contributed by atoms with E-state index < -0.39 is 14.9 Å². The van der Waals surface area contributed by atoms with Crippen LogP contribution in [0.3, 0.4) is 0 Å². The molecule has 0 saturated carbocycles. The van der Waals surface area contributed by atoms with Crippen LogP contribution in [0.25, 0.3) is 0 Å². The number of sulfonamides is 1. The number of nitro groups is 1. The molecule has 0 saturated heterocycles. The Morgan fingerprint density at radius 2 is 2.00 bits per heavy atom. The number of anilines is 2. The fraction of sp³-hybridized carbons (Fsp3) is 0.333. The molecule has 27 heavy (non-hydrogen) atoms. The molecular weight excluding hydrogens is 368 g/mol. The van der Waals surface area contributed by atoms with E-state index in [2.05, 4.69) is 27.9 Å². The Morgan fingerprint density at radius 1 is 1.22 bits per heavy atom. The standard InChI is InChI=1S/C18H22N4O4S/c1-3-21-10-9-15-13(12-21)5-4-6-16(15)20-17-8-7-14(27(25,26)19-2)11-18(17)22(23)24/h4-8,11,19-20H,3,9-10,12H2,1-2H3. The van der Waals surface area contributed by atoms with Gasteiger partial charge in [0.15, 0.2) is 0 Å². The first-order chi connectivity index (χ1) is 12.9. The van der Waals surface area contributed by atoms with Crippen LogP contribution in [-0.4, -0.2) is 38.4 Å². The predicted molar refractivity (Wildman–Crippen MR) is 104 cm³/mol. The van der Waals surface area contributed by atoms with E-state index in [0.717, 1.165) is 43.4 Å². The second-order valence-corrected chi connectivity index (χ2v) is 8.22. The van der Waals surface area contributed by atoms with Gasteiger partial charge in [-0.25, -0.2) is 13.1 Å². The van der Waals surface area contributed by atoms with Gasteiger partial charge in [-0.1, -0.05) is 19.1 Å². The quantitative estimate of drug-likeness (QED) is 0.580. The van der Waals surface area contributed by atoms with Crippen molar-refractivity contribution in [2.24, 2.45) is 0 Å². The average Bonchev–Trinajstić information content (AvgIpc) is 2.67. The molecule has 8 nitrogen and oxygen atoms in total. The zero-order valence-corrected chi connectivity index (χ0v) is 16.0. The van der Waals surface area contributed by atoms with Gasteiger partial charge in [0, 0.05) is 24.8 Å². The maximum atomic E-state index is 11.9. The number of nitro benzene ring substituents is 1. The summed E-state index contributed by atoms with van der Waals surface area (Å²) in [5.41, 5.74) is 3.14. The first-order valence-corrected chi connectivity index (χ1v) is 10.2. The van der Waals surface area contributed by atoms with Gasteiger partial charge >= 0.3 is 0 Å². The summed E-state index contributed by atoms with van der Waals surface area (Å²) in [4.78, 5) is 13.1. The van der Waals surface area contributed by atoms with Crippen LogP contribution in [0.4, 0.5) is 17.1 Å². The van der Waals surface area contributed by atoms with E-state index in [4.69, 9.17) is 0 Å². The Balaban J connectivity index is 1.98. The van der Waals surface area contributed by atoms with Crippen LogP contribution in [0.5, 0.6) is 0 Å². The summed E-state index contributed by atoms with van der Waals surface area (Å²) in [6.45, 7) is 4.88. The van der Waals surface area contributed by atoms with Crippen molar-refractivity contribution in [1.29, 1.82) is 0 Å². The van der Waals surface area contributed by atoms with E-state index in [9.17, 15) is 18.5 Å². The van der Waals surface area contributed by atoms with Gasteiger partial charge in [-0.05, 0) is 49.3 Å². The van der Waals surface area contributed by atoms with Gasteiger partial charge in [0.25, 0.3) is 5.69 Å².